The van der Waals surface area contributed by atoms with Gasteiger partial charge in [0.1, 0.15) is 5.69 Å². The van der Waals surface area contributed by atoms with Crippen LogP contribution in [0.3, 0.4) is 0 Å². The number of carbonyl (C=O) groups is 2. The molecule has 5 nitrogen and oxygen atoms in total. The summed E-state index contributed by atoms with van der Waals surface area (Å²) in [6, 6.07) is 2.21. The monoisotopic (exact) mass is 287 g/mol. The van der Waals surface area contributed by atoms with Crippen LogP contribution in [0.25, 0.3) is 0 Å². The summed E-state index contributed by atoms with van der Waals surface area (Å²) in [5.74, 6) is 1.21. The first-order valence-corrected chi connectivity index (χ1v) is 8.00. The molecule has 21 heavy (non-hydrogen) atoms. The number of H-pyrrole nitrogens is 1. The van der Waals surface area contributed by atoms with Gasteiger partial charge in [-0.1, -0.05) is 0 Å². The molecule has 4 rings (SSSR count). The molecule has 2 heterocycles. The summed E-state index contributed by atoms with van der Waals surface area (Å²) >= 11 is 0. The van der Waals surface area contributed by atoms with E-state index in [0.29, 0.717) is 24.0 Å². The average Bonchev–Trinajstić information content (AvgIpc) is 3.39. The predicted octanol–water partition coefficient (Wildman–Crippen LogP) is 1.68. The predicted molar refractivity (Wildman–Crippen MR) is 77.9 cm³/mol. The number of hydrogen-bond acceptors (Lipinski definition) is 2. The van der Waals surface area contributed by atoms with E-state index in [4.69, 9.17) is 0 Å². The second-order valence-electron chi connectivity index (χ2n) is 6.63. The van der Waals surface area contributed by atoms with E-state index in [2.05, 4.69) is 15.6 Å². The van der Waals surface area contributed by atoms with Gasteiger partial charge in [-0.15, -0.1) is 0 Å². The summed E-state index contributed by atoms with van der Waals surface area (Å²) in [4.78, 5) is 27.2. The molecule has 2 saturated carbocycles. The van der Waals surface area contributed by atoms with Crippen LogP contribution in [0, 0.1) is 5.92 Å². The minimum Gasteiger partial charge on any atom is -0.357 e. The molecule has 0 bridgehead atoms. The number of piperidine rings is 1. The number of amides is 2. The van der Waals surface area contributed by atoms with Gasteiger partial charge in [0, 0.05) is 12.6 Å². The molecule has 2 amide bonds. The van der Waals surface area contributed by atoms with Crippen LogP contribution in [0.2, 0.25) is 0 Å². The maximum absolute atomic E-state index is 12.5. The Bertz CT molecular complexity index is 572. The van der Waals surface area contributed by atoms with Crippen LogP contribution in [-0.4, -0.2) is 28.9 Å². The van der Waals surface area contributed by atoms with Crippen LogP contribution >= 0.6 is 0 Å². The lowest BCUT2D eigenvalue weighted by atomic mass is 9.94. The quantitative estimate of drug-likeness (QED) is 0.788. The minimum absolute atomic E-state index is 0.0197. The van der Waals surface area contributed by atoms with Crippen molar-refractivity contribution < 1.29 is 9.59 Å². The Morgan fingerprint density at radius 2 is 2.00 bits per heavy atom. The molecule has 112 valence electrons. The second kappa shape index (κ2) is 4.90. The van der Waals surface area contributed by atoms with Crippen molar-refractivity contribution in [1.29, 1.82) is 0 Å². The van der Waals surface area contributed by atoms with Gasteiger partial charge in [0.25, 0.3) is 5.91 Å². The summed E-state index contributed by atoms with van der Waals surface area (Å²) in [6.07, 6.45) is 7.79. The minimum atomic E-state index is -0.0197. The van der Waals surface area contributed by atoms with Crippen LogP contribution in [0.1, 0.15) is 60.5 Å². The molecule has 2 atom stereocenters. The number of aromatic amines is 1. The van der Waals surface area contributed by atoms with Crippen molar-refractivity contribution in [1.82, 2.24) is 15.6 Å². The van der Waals surface area contributed by atoms with Gasteiger partial charge in [-0.3, -0.25) is 9.59 Å². The molecule has 0 unspecified atom stereocenters. The van der Waals surface area contributed by atoms with E-state index in [1.807, 2.05) is 12.3 Å². The first kappa shape index (κ1) is 12.9. The lowest BCUT2D eigenvalue weighted by Gasteiger charge is -2.33. The average molecular weight is 287 g/mol. The van der Waals surface area contributed by atoms with Crippen molar-refractivity contribution in [3.8, 4) is 0 Å². The number of aromatic nitrogens is 1. The zero-order valence-electron chi connectivity index (χ0n) is 12.0. The molecule has 5 heteroatoms. The topological polar surface area (TPSA) is 74.0 Å². The third-order valence-electron chi connectivity index (χ3n) is 4.91. The van der Waals surface area contributed by atoms with Gasteiger partial charge in [0.15, 0.2) is 0 Å². The molecule has 1 saturated heterocycles. The van der Waals surface area contributed by atoms with E-state index >= 15 is 0 Å². The fourth-order valence-corrected chi connectivity index (χ4v) is 3.44. The summed E-state index contributed by atoms with van der Waals surface area (Å²) in [7, 11) is 0. The third-order valence-corrected chi connectivity index (χ3v) is 4.91. The number of rotatable bonds is 4. The highest BCUT2D eigenvalue weighted by atomic mass is 16.2. The Kier molecular flexibility index (Phi) is 3.01. The zero-order valence-corrected chi connectivity index (χ0v) is 12.0. The van der Waals surface area contributed by atoms with E-state index in [1.165, 1.54) is 12.8 Å². The fourth-order valence-electron chi connectivity index (χ4n) is 3.44. The van der Waals surface area contributed by atoms with Crippen LogP contribution in [0.4, 0.5) is 0 Å². The van der Waals surface area contributed by atoms with E-state index in [9.17, 15) is 9.59 Å². The van der Waals surface area contributed by atoms with Crippen molar-refractivity contribution >= 4 is 11.8 Å². The molecule has 1 aromatic rings. The molecule has 0 aromatic carbocycles. The Morgan fingerprint density at radius 3 is 2.71 bits per heavy atom. The Morgan fingerprint density at radius 1 is 1.19 bits per heavy atom. The maximum atomic E-state index is 12.5. The van der Waals surface area contributed by atoms with Crippen LogP contribution in [0.15, 0.2) is 12.3 Å². The van der Waals surface area contributed by atoms with Crippen molar-refractivity contribution in [3.63, 3.8) is 0 Å². The van der Waals surface area contributed by atoms with E-state index in [0.717, 1.165) is 24.8 Å². The van der Waals surface area contributed by atoms with Crippen molar-refractivity contribution in [2.45, 2.75) is 56.5 Å². The number of nitrogens with one attached hydrogen (secondary N) is 3. The molecule has 2 aliphatic carbocycles. The zero-order chi connectivity index (χ0) is 14.4. The normalized spacial score (nSPS) is 29.0. The van der Waals surface area contributed by atoms with Gasteiger partial charge in [-0.25, -0.2) is 0 Å². The highest BCUT2D eigenvalue weighted by Gasteiger charge is 2.41. The molecule has 0 radical (unpaired) electrons. The lowest BCUT2D eigenvalue weighted by molar-refractivity contribution is -0.124. The first-order chi connectivity index (χ1) is 10.2. The fraction of sp³-hybridized carbons (Fsp3) is 0.625. The van der Waals surface area contributed by atoms with Crippen molar-refractivity contribution in [3.05, 3.63) is 23.5 Å². The molecular weight excluding hydrogens is 266 g/mol. The summed E-state index contributed by atoms with van der Waals surface area (Å²) in [6.45, 7) is 0. The molecule has 3 fully saturated rings. The number of carbonyl (C=O) groups excluding carboxylic acids is 2. The van der Waals surface area contributed by atoms with Crippen molar-refractivity contribution in [2.75, 3.05) is 0 Å². The summed E-state index contributed by atoms with van der Waals surface area (Å²) < 4.78 is 0. The van der Waals surface area contributed by atoms with Crippen LogP contribution < -0.4 is 10.6 Å². The van der Waals surface area contributed by atoms with Crippen molar-refractivity contribution in [2.24, 2.45) is 5.92 Å². The van der Waals surface area contributed by atoms with Gasteiger partial charge in [-0.2, -0.15) is 0 Å². The molecule has 0 spiro atoms. The molecular formula is C16H21N3O2. The second-order valence-corrected chi connectivity index (χ2v) is 6.63. The largest absolute Gasteiger partial charge is 0.357 e. The van der Waals surface area contributed by atoms with E-state index in [1.54, 1.807) is 0 Å². The standard InChI is InChI=1S/C16H21N3O2/c20-13-6-5-12(14(19-13)10-3-4-10)18-16(21)15-11(7-8-17-15)9-1-2-9/h7-10,12,14,17H,1-6H2,(H,18,21)(H,19,20)/t12-,14+/m1/s1. The van der Waals surface area contributed by atoms with Gasteiger partial charge in [0.05, 0.1) is 12.1 Å². The number of hydrogen-bond donors (Lipinski definition) is 3. The molecule has 1 aromatic heterocycles. The van der Waals surface area contributed by atoms with E-state index < -0.39 is 0 Å². The SMILES string of the molecule is O=C1CC[C@@H](NC(=O)c2[nH]ccc2C2CC2)[C@H](C2CC2)N1. The van der Waals surface area contributed by atoms with Crippen LogP contribution in [-0.2, 0) is 4.79 Å². The Balaban J connectivity index is 1.47. The Hall–Kier alpha value is -1.78. The maximum Gasteiger partial charge on any atom is 0.268 e. The first-order valence-electron chi connectivity index (χ1n) is 8.00. The van der Waals surface area contributed by atoms with Gasteiger partial charge < -0.3 is 15.6 Å². The Labute approximate surface area is 123 Å². The highest BCUT2D eigenvalue weighted by Crippen LogP contribution is 2.41. The molecule has 3 N–H and O–H groups in total. The smallest absolute Gasteiger partial charge is 0.268 e. The molecule has 3 aliphatic rings. The van der Waals surface area contributed by atoms with Gasteiger partial charge in [-0.05, 0) is 55.6 Å². The third kappa shape index (κ3) is 2.57. The summed E-state index contributed by atoms with van der Waals surface area (Å²) in [5.41, 5.74) is 1.86. The lowest BCUT2D eigenvalue weighted by Crippen LogP contribution is -2.56. The van der Waals surface area contributed by atoms with Gasteiger partial charge in [0.2, 0.25) is 5.91 Å². The summed E-state index contributed by atoms with van der Waals surface area (Å²) in [5, 5.41) is 6.22. The van der Waals surface area contributed by atoms with Crippen LogP contribution in [0.5, 0.6) is 0 Å². The van der Waals surface area contributed by atoms with Gasteiger partial charge >= 0.3 is 0 Å². The highest BCUT2D eigenvalue weighted by molar-refractivity contribution is 5.94. The molecule has 1 aliphatic heterocycles. The van der Waals surface area contributed by atoms with E-state index in [-0.39, 0.29) is 23.9 Å².